The SMILES string of the molecule is CCCCCn1nc(C(=O)N[C@@H](C(=O)OC)C(C)(C)C)cc1C(C)(C)C. The van der Waals surface area contributed by atoms with E-state index in [4.69, 9.17) is 4.74 Å². The fraction of sp³-hybridized carbons (Fsp3) is 0.750. The van der Waals surface area contributed by atoms with E-state index in [1.165, 1.54) is 7.11 Å². The summed E-state index contributed by atoms with van der Waals surface area (Å²) in [5.74, 6) is -0.806. The van der Waals surface area contributed by atoms with E-state index in [1.54, 1.807) is 0 Å². The molecule has 6 nitrogen and oxygen atoms in total. The predicted molar refractivity (Wildman–Crippen MR) is 103 cm³/mol. The smallest absolute Gasteiger partial charge is 0.328 e. The maximum Gasteiger partial charge on any atom is 0.328 e. The van der Waals surface area contributed by atoms with Gasteiger partial charge in [0.05, 0.1) is 7.11 Å². The van der Waals surface area contributed by atoms with Crippen molar-refractivity contribution in [3.63, 3.8) is 0 Å². The van der Waals surface area contributed by atoms with Crippen molar-refractivity contribution in [2.45, 2.75) is 85.7 Å². The van der Waals surface area contributed by atoms with Gasteiger partial charge in [-0.15, -0.1) is 0 Å². The van der Waals surface area contributed by atoms with Crippen LogP contribution in [0.5, 0.6) is 0 Å². The highest BCUT2D eigenvalue weighted by atomic mass is 16.5. The van der Waals surface area contributed by atoms with E-state index in [2.05, 4.69) is 38.1 Å². The van der Waals surface area contributed by atoms with Crippen molar-refractivity contribution in [1.82, 2.24) is 15.1 Å². The Morgan fingerprint density at radius 1 is 1.19 bits per heavy atom. The number of unbranched alkanes of at least 4 members (excludes halogenated alkanes) is 2. The van der Waals surface area contributed by atoms with Gasteiger partial charge in [-0.1, -0.05) is 61.3 Å². The zero-order valence-corrected chi connectivity index (χ0v) is 17.6. The molecule has 0 radical (unpaired) electrons. The van der Waals surface area contributed by atoms with Crippen molar-refractivity contribution in [2.75, 3.05) is 7.11 Å². The maximum atomic E-state index is 12.7. The van der Waals surface area contributed by atoms with Gasteiger partial charge in [-0.05, 0) is 17.9 Å². The average Bonchev–Trinajstić information content (AvgIpc) is 2.95. The number of amides is 1. The van der Waals surface area contributed by atoms with Gasteiger partial charge in [0.15, 0.2) is 0 Å². The topological polar surface area (TPSA) is 73.2 Å². The third-order valence-corrected chi connectivity index (χ3v) is 4.33. The zero-order valence-electron chi connectivity index (χ0n) is 17.6. The Bertz CT molecular complexity index is 621. The van der Waals surface area contributed by atoms with Crippen LogP contribution in [0.1, 0.15) is 83.9 Å². The first-order chi connectivity index (χ1) is 11.9. The second kappa shape index (κ2) is 8.69. The lowest BCUT2D eigenvalue weighted by atomic mass is 9.86. The van der Waals surface area contributed by atoms with E-state index in [0.717, 1.165) is 31.5 Å². The molecule has 0 aromatic carbocycles. The summed E-state index contributed by atoms with van der Waals surface area (Å²) < 4.78 is 6.77. The standard InChI is InChI=1S/C20H35N3O3/c1-9-10-11-12-23-15(19(2,3)4)13-14(22-23)17(24)21-16(18(25)26-8)20(5,6)7/h13,16H,9-12H2,1-8H3,(H,21,24)/t16-/m0/s1. The molecule has 1 rings (SSSR count). The molecule has 0 bridgehead atoms. The lowest BCUT2D eigenvalue weighted by Gasteiger charge is -2.28. The number of esters is 1. The number of aromatic nitrogens is 2. The second-order valence-corrected chi connectivity index (χ2v) is 8.89. The minimum Gasteiger partial charge on any atom is -0.467 e. The highest BCUT2D eigenvalue weighted by Crippen LogP contribution is 2.25. The number of methoxy groups -OCH3 is 1. The van der Waals surface area contributed by atoms with Crippen molar-refractivity contribution >= 4 is 11.9 Å². The second-order valence-electron chi connectivity index (χ2n) is 8.89. The summed E-state index contributed by atoms with van der Waals surface area (Å²) in [6.07, 6.45) is 3.28. The Morgan fingerprint density at radius 3 is 2.27 bits per heavy atom. The number of nitrogens with one attached hydrogen (secondary N) is 1. The molecule has 1 aromatic heterocycles. The van der Waals surface area contributed by atoms with Crippen LogP contribution in [0.15, 0.2) is 6.07 Å². The van der Waals surface area contributed by atoms with Gasteiger partial charge in [-0.2, -0.15) is 5.10 Å². The molecule has 0 saturated carbocycles. The molecule has 1 N–H and O–H groups in total. The van der Waals surface area contributed by atoms with Gasteiger partial charge in [-0.3, -0.25) is 9.48 Å². The van der Waals surface area contributed by atoms with E-state index in [1.807, 2.05) is 31.5 Å². The van der Waals surface area contributed by atoms with Crippen LogP contribution in [0, 0.1) is 5.41 Å². The molecule has 26 heavy (non-hydrogen) atoms. The zero-order chi connectivity index (χ0) is 20.1. The highest BCUT2D eigenvalue weighted by molar-refractivity contribution is 5.95. The number of carbonyl (C=O) groups is 2. The van der Waals surface area contributed by atoms with Crippen LogP contribution in [0.4, 0.5) is 0 Å². The number of nitrogens with zero attached hydrogens (tertiary/aromatic N) is 2. The summed E-state index contributed by atoms with van der Waals surface area (Å²) in [6.45, 7) is 14.9. The quantitative estimate of drug-likeness (QED) is 0.591. The molecule has 0 saturated heterocycles. The fourth-order valence-corrected chi connectivity index (χ4v) is 2.77. The van der Waals surface area contributed by atoms with Gasteiger partial charge < -0.3 is 10.1 Å². The van der Waals surface area contributed by atoms with Gasteiger partial charge in [-0.25, -0.2) is 4.79 Å². The molecule has 1 amide bonds. The third-order valence-electron chi connectivity index (χ3n) is 4.33. The number of ether oxygens (including phenoxy) is 1. The predicted octanol–water partition coefficient (Wildman–Crippen LogP) is 3.69. The first-order valence-corrected chi connectivity index (χ1v) is 9.38. The minimum absolute atomic E-state index is 0.122. The minimum atomic E-state index is -0.733. The van der Waals surface area contributed by atoms with E-state index >= 15 is 0 Å². The lowest BCUT2D eigenvalue weighted by Crippen LogP contribution is -2.49. The molecule has 0 aliphatic heterocycles. The van der Waals surface area contributed by atoms with Gasteiger partial charge >= 0.3 is 5.97 Å². The van der Waals surface area contributed by atoms with E-state index in [9.17, 15) is 9.59 Å². The molecule has 1 atom stereocenters. The number of hydrogen-bond acceptors (Lipinski definition) is 4. The van der Waals surface area contributed by atoms with Crippen LogP contribution in [0.2, 0.25) is 0 Å². The van der Waals surface area contributed by atoms with Crippen molar-refractivity contribution < 1.29 is 14.3 Å². The molecule has 0 aliphatic rings. The van der Waals surface area contributed by atoms with Crippen molar-refractivity contribution in [2.24, 2.45) is 5.41 Å². The first-order valence-electron chi connectivity index (χ1n) is 9.38. The Hall–Kier alpha value is -1.85. The monoisotopic (exact) mass is 365 g/mol. The maximum absolute atomic E-state index is 12.7. The highest BCUT2D eigenvalue weighted by Gasteiger charge is 2.34. The lowest BCUT2D eigenvalue weighted by molar-refractivity contribution is -0.145. The van der Waals surface area contributed by atoms with Crippen molar-refractivity contribution in [1.29, 1.82) is 0 Å². The largest absolute Gasteiger partial charge is 0.467 e. The fourth-order valence-electron chi connectivity index (χ4n) is 2.77. The molecular formula is C20H35N3O3. The van der Waals surface area contributed by atoms with Crippen LogP contribution in [0.25, 0.3) is 0 Å². The third kappa shape index (κ3) is 5.85. The summed E-state index contributed by atoms with van der Waals surface area (Å²) in [5, 5.41) is 7.32. The molecule has 0 aliphatic carbocycles. The van der Waals surface area contributed by atoms with Crippen molar-refractivity contribution in [3.8, 4) is 0 Å². The number of hydrogen-bond donors (Lipinski definition) is 1. The van der Waals surface area contributed by atoms with Gasteiger partial charge in [0.25, 0.3) is 5.91 Å². The molecule has 1 heterocycles. The van der Waals surface area contributed by atoms with E-state index in [0.29, 0.717) is 5.69 Å². The van der Waals surface area contributed by atoms with Gasteiger partial charge in [0, 0.05) is 17.7 Å². The van der Waals surface area contributed by atoms with Crippen LogP contribution in [-0.2, 0) is 21.5 Å². The number of rotatable bonds is 7. The van der Waals surface area contributed by atoms with Crippen LogP contribution in [0.3, 0.4) is 0 Å². The molecule has 1 aromatic rings. The van der Waals surface area contributed by atoms with Crippen LogP contribution < -0.4 is 5.32 Å². The summed E-state index contributed by atoms with van der Waals surface area (Å²) in [5.41, 5.74) is 0.775. The molecule has 6 heteroatoms. The summed E-state index contributed by atoms with van der Waals surface area (Å²) in [7, 11) is 1.33. The Morgan fingerprint density at radius 2 is 1.81 bits per heavy atom. The summed E-state index contributed by atoms with van der Waals surface area (Å²) in [6, 6.07) is 1.10. The van der Waals surface area contributed by atoms with Gasteiger partial charge in [0.1, 0.15) is 11.7 Å². The Kier molecular flexibility index (Phi) is 7.42. The van der Waals surface area contributed by atoms with E-state index in [-0.39, 0.29) is 11.3 Å². The summed E-state index contributed by atoms with van der Waals surface area (Å²) in [4.78, 5) is 24.8. The van der Waals surface area contributed by atoms with Gasteiger partial charge in [0.2, 0.25) is 0 Å². The molecule has 0 fully saturated rings. The van der Waals surface area contributed by atoms with Crippen LogP contribution >= 0.6 is 0 Å². The average molecular weight is 366 g/mol. The Labute approximate surface area is 157 Å². The van der Waals surface area contributed by atoms with Crippen LogP contribution in [-0.4, -0.2) is 34.8 Å². The molecule has 148 valence electrons. The number of carbonyl (C=O) groups excluding carboxylic acids is 2. The first kappa shape index (κ1) is 22.2. The molecule has 0 spiro atoms. The number of aryl methyl sites for hydroxylation is 1. The molecular weight excluding hydrogens is 330 g/mol. The van der Waals surface area contributed by atoms with Crippen molar-refractivity contribution in [3.05, 3.63) is 17.5 Å². The summed E-state index contributed by atoms with van der Waals surface area (Å²) >= 11 is 0. The molecule has 0 unspecified atom stereocenters. The van der Waals surface area contributed by atoms with E-state index < -0.39 is 17.4 Å². The Balaban J connectivity index is 3.09. The normalized spacial score (nSPS) is 13.4.